The first-order valence-electron chi connectivity index (χ1n) is 6.21. The van der Waals surface area contributed by atoms with E-state index in [2.05, 4.69) is 15.9 Å². The summed E-state index contributed by atoms with van der Waals surface area (Å²) < 4.78 is 5.91. The highest BCUT2D eigenvalue weighted by atomic mass is 79.9. The lowest BCUT2D eigenvalue weighted by Gasteiger charge is -2.35. The maximum atomic E-state index is 11.9. The molecule has 1 heterocycles. The quantitative estimate of drug-likeness (QED) is 0.630. The molecule has 96 valence electrons. The van der Waals surface area contributed by atoms with Crippen LogP contribution in [0.25, 0.3) is 0 Å². The fourth-order valence-corrected chi connectivity index (χ4v) is 3.34. The molecule has 0 radical (unpaired) electrons. The molecule has 2 aromatic carbocycles. The van der Waals surface area contributed by atoms with Crippen molar-refractivity contribution in [3.8, 4) is 11.5 Å². The van der Waals surface area contributed by atoms with Gasteiger partial charge in [-0.15, -0.1) is 0 Å². The van der Waals surface area contributed by atoms with Gasteiger partial charge in [-0.3, -0.25) is 0 Å². The summed E-state index contributed by atoms with van der Waals surface area (Å²) in [4.78, 5) is 11.9. The van der Waals surface area contributed by atoms with Crippen LogP contribution in [0.3, 0.4) is 0 Å². The molecule has 0 amide bonds. The third-order valence-corrected chi connectivity index (χ3v) is 4.04. The van der Waals surface area contributed by atoms with Gasteiger partial charge in [0.1, 0.15) is 17.8 Å². The van der Waals surface area contributed by atoms with Crippen LogP contribution in [0.5, 0.6) is 11.5 Å². The van der Waals surface area contributed by atoms with Crippen LogP contribution in [0, 0.1) is 0 Å². The highest BCUT2D eigenvalue weighted by Gasteiger charge is 2.41. The third-order valence-electron chi connectivity index (χ3n) is 3.65. The fraction of sp³-hybridized carbons (Fsp3) is 0.188. The van der Waals surface area contributed by atoms with E-state index in [0.717, 1.165) is 34.2 Å². The van der Waals surface area contributed by atoms with Crippen molar-refractivity contribution in [1.82, 2.24) is 0 Å². The highest BCUT2D eigenvalue weighted by molar-refractivity contribution is 9.09. The Morgan fingerprint density at radius 1 is 1.00 bits per heavy atom. The van der Waals surface area contributed by atoms with Crippen LogP contribution < -0.4 is 4.74 Å². The van der Waals surface area contributed by atoms with Gasteiger partial charge in [0, 0.05) is 16.5 Å². The minimum atomic E-state index is -0.616. The number of carbonyl (C=O) groups is 1. The Kier molecular flexibility index (Phi) is 3.15. The summed E-state index contributed by atoms with van der Waals surface area (Å²) in [6, 6.07) is 15.5. The molecule has 0 saturated carbocycles. The van der Waals surface area contributed by atoms with Gasteiger partial charge in [0.15, 0.2) is 0 Å². The summed E-state index contributed by atoms with van der Waals surface area (Å²) >= 11 is 3.46. The molecule has 0 aliphatic carbocycles. The summed E-state index contributed by atoms with van der Waals surface area (Å²) in [6.07, 6.45) is 1.77. The van der Waals surface area contributed by atoms with Crippen molar-refractivity contribution in [3.05, 3.63) is 59.7 Å². The number of rotatable bonds is 3. The minimum absolute atomic E-state index is 0.616. The molecule has 3 rings (SSSR count). The molecule has 1 aliphatic heterocycles. The highest BCUT2D eigenvalue weighted by Crippen LogP contribution is 2.48. The number of hydrogen-bond acceptors (Lipinski definition) is 2. The SMILES string of the molecule is O=CC1(CCBr)c2ccccc2Oc2ccccc21. The van der Waals surface area contributed by atoms with E-state index in [9.17, 15) is 4.79 Å². The average Bonchev–Trinajstić information content (AvgIpc) is 2.47. The molecule has 0 unspecified atom stereocenters. The van der Waals surface area contributed by atoms with Gasteiger partial charge < -0.3 is 9.53 Å². The maximum Gasteiger partial charge on any atom is 0.135 e. The summed E-state index contributed by atoms with van der Waals surface area (Å²) in [5.41, 5.74) is 1.28. The zero-order valence-corrected chi connectivity index (χ0v) is 11.9. The number of aldehydes is 1. The molecule has 0 saturated heterocycles. The topological polar surface area (TPSA) is 26.3 Å². The van der Waals surface area contributed by atoms with Crippen molar-refractivity contribution in [2.24, 2.45) is 0 Å². The summed E-state index contributed by atoms with van der Waals surface area (Å²) in [5.74, 6) is 1.54. The number of fused-ring (bicyclic) bond motifs is 2. The number of ether oxygens (including phenoxy) is 1. The lowest BCUT2D eigenvalue weighted by molar-refractivity contribution is -0.111. The van der Waals surface area contributed by atoms with Crippen LogP contribution >= 0.6 is 15.9 Å². The van der Waals surface area contributed by atoms with Crippen molar-refractivity contribution in [3.63, 3.8) is 0 Å². The van der Waals surface area contributed by atoms with E-state index in [0.29, 0.717) is 6.42 Å². The summed E-state index contributed by atoms with van der Waals surface area (Å²) in [5, 5.41) is 0.758. The second-order valence-electron chi connectivity index (χ2n) is 4.62. The predicted molar refractivity (Wildman–Crippen MR) is 78.2 cm³/mol. The van der Waals surface area contributed by atoms with Crippen LogP contribution in [0.15, 0.2) is 48.5 Å². The van der Waals surface area contributed by atoms with Crippen LogP contribution in [-0.2, 0) is 10.2 Å². The maximum absolute atomic E-state index is 11.9. The second-order valence-corrected chi connectivity index (χ2v) is 5.42. The smallest absolute Gasteiger partial charge is 0.135 e. The van der Waals surface area contributed by atoms with E-state index in [-0.39, 0.29) is 0 Å². The van der Waals surface area contributed by atoms with E-state index in [1.54, 1.807) is 0 Å². The largest absolute Gasteiger partial charge is 0.457 e. The van der Waals surface area contributed by atoms with Crippen molar-refractivity contribution in [2.75, 3.05) is 5.33 Å². The van der Waals surface area contributed by atoms with Gasteiger partial charge in [0.2, 0.25) is 0 Å². The minimum Gasteiger partial charge on any atom is -0.457 e. The molecule has 0 fully saturated rings. The van der Waals surface area contributed by atoms with Crippen molar-refractivity contribution in [1.29, 1.82) is 0 Å². The Morgan fingerprint density at radius 3 is 2.00 bits per heavy atom. The molecule has 0 atom stereocenters. The van der Waals surface area contributed by atoms with Crippen LogP contribution in [-0.4, -0.2) is 11.6 Å². The lowest BCUT2D eigenvalue weighted by atomic mass is 9.72. The summed E-state index contributed by atoms with van der Waals surface area (Å²) in [6.45, 7) is 0. The predicted octanol–water partition coefficient (Wildman–Crippen LogP) is 4.06. The molecule has 1 aliphatic rings. The molecular formula is C16H13BrO2. The van der Waals surface area contributed by atoms with Gasteiger partial charge in [-0.1, -0.05) is 52.3 Å². The molecule has 0 spiro atoms. The molecule has 2 aromatic rings. The second kappa shape index (κ2) is 4.82. The van der Waals surface area contributed by atoms with Crippen LogP contribution in [0.2, 0.25) is 0 Å². The van der Waals surface area contributed by atoms with Gasteiger partial charge in [0.25, 0.3) is 0 Å². The number of para-hydroxylation sites is 2. The monoisotopic (exact) mass is 316 g/mol. The molecule has 2 nitrogen and oxygen atoms in total. The zero-order valence-electron chi connectivity index (χ0n) is 10.3. The van der Waals surface area contributed by atoms with Gasteiger partial charge in [-0.25, -0.2) is 0 Å². The van der Waals surface area contributed by atoms with E-state index in [1.807, 2.05) is 48.5 Å². The Labute approximate surface area is 120 Å². The van der Waals surface area contributed by atoms with Crippen molar-refractivity contribution >= 4 is 22.2 Å². The van der Waals surface area contributed by atoms with Gasteiger partial charge in [-0.05, 0) is 18.6 Å². The van der Waals surface area contributed by atoms with E-state index < -0.39 is 5.41 Å². The van der Waals surface area contributed by atoms with Crippen molar-refractivity contribution < 1.29 is 9.53 Å². The standard InChI is InChI=1S/C16H13BrO2/c17-10-9-16(11-18)12-5-1-3-7-14(12)19-15-8-4-2-6-13(15)16/h1-8,11H,9-10H2. The summed E-state index contributed by atoms with van der Waals surface area (Å²) in [7, 11) is 0. The first kappa shape index (κ1) is 12.4. The number of hydrogen-bond donors (Lipinski definition) is 0. The number of carbonyl (C=O) groups excluding carboxylic acids is 1. The van der Waals surface area contributed by atoms with Crippen LogP contribution in [0.4, 0.5) is 0 Å². The Bertz CT molecular complexity index is 576. The van der Waals surface area contributed by atoms with E-state index in [1.165, 1.54) is 0 Å². The van der Waals surface area contributed by atoms with Gasteiger partial charge in [0.05, 0.1) is 5.41 Å². The van der Waals surface area contributed by atoms with Crippen molar-refractivity contribution in [2.45, 2.75) is 11.8 Å². The molecule has 0 bridgehead atoms. The molecule has 0 N–H and O–H groups in total. The number of alkyl halides is 1. The molecule has 19 heavy (non-hydrogen) atoms. The fourth-order valence-electron chi connectivity index (χ4n) is 2.72. The third kappa shape index (κ3) is 1.80. The Balaban J connectivity index is 2.30. The molecular weight excluding hydrogens is 304 g/mol. The van der Waals surface area contributed by atoms with Gasteiger partial charge >= 0.3 is 0 Å². The van der Waals surface area contributed by atoms with E-state index in [4.69, 9.17) is 4.74 Å². The van der Waals surface area contributed by atoms with E-state index >= 15 is 0 Å². The Hall–Kier alpha value is -1.61. The zero-order chi connectivity index (χ0) is 13.3. The Morgan fingerprint density at radius 2 is 1.53 bits per heavy atom. The van der Waals surface area contributed by atoms with Crippen LogP contribution in [0.1, 0.15) is 17.5 Å². The normalized spacial score (nSPS) is 15.0. The first-order chi connectivity index (χ1) is 9.31. The van der Waals surface area contributed by atoms with Gasteiger partial charge in [-0.2, -0.15) is 0 Å². The number of benzene rings is 2. The average molecular weight is 317 g/mol. The first-order valence-corrected chi connectivity index (χ1v) is 7.33. The molecule has 3 heteroatoms. The lowest BCUT2D eigenvalue weighted by Crippen LogP contribution is -2.33. The molecule has 0 aromatic heterocycles. The number of halogens is 1.